The molecule has 0 spiro atoms. The van der Waals surface area contributed by atoms with Crippen molar-refractivity contribution in [3.8, 4) is 0 Å². The molecule has 0 saturated heterocycles. The van der Waals surface area contributed by atoms with Crippen molar-refractivity contribution >= 4 is 17.9 Å². The van der Waals surface area contributed by atoms with Gasteiger partial charge >= 0.3 is 0 Å². The average Bonchev–Trinajstić information content (AvgIpc) is 2.80. The van der Waals surface area contributed by atoms with Crippen LogP contribution in [-0.4, -0.2) is 25.4 Å². The van der Waals surface area contributed by atoms with E-state index in [0.717, 1.165) is 5.82 Å². The van der Waals surface area contributed by atoms with Crippen molar-refractivity contribution in [3.05, 3.63) is 35.4 Å². The molecule has 0 unspecified atom stereocenters. The van der Waals surface area contributed by atoms with Gasteiger partial charge in [0.1, 0.15) is 16.7 Å². The molecule has 0 fully saturated rings. The molecule has 0 bridgehead atoms. The Morgan fingerprint density at radius 2 is 2.33 bits per heavy atom. The third kappa shape index (κ3) is 1.92. The number of carbonyl (C=O) groups excluding carboxylic acids is 1. The van der Waals surface area contributed by atoms with Crippen molar-refractivity contribution in [2.45, 2.75) is 6.54 Å². The van der Waals surface area contributed by atoms with Gasteiger partial charge in [-0.2, -0.15) is 0 Å². The Labute approximate surface area is 91.3 Å². The maximum absolute atomic E-state index is 10.4. The Bertz CT molecular complexity index is 488. The van der Waals surface area contributed by atoms with Gasteiger partial charge in [0.2, 0.25) is 0 Å². The molecule has 2 aromatic heterocycles. The number of rotatable bonds is 3. The SMILES string of the molecule is Cn1c(Cl)cnc1Cn1cnc(C=O)c1. The van der Waals surface area contributed by atoms with Crippen LogP contribution in [-0.2, 0) is 13.6 Å². The van der Waals surface area contributed by atoms with Crippen LogP contribution in [0.1, 0.15) is 16.3 Å². The second-order valence-corrected chi connectivity index (χ2v) is 3.53. The standard InChI is InChI=1S/C9H9ClN4O/c1-13-8(10)2-11-9(13)4-14-3-7(5-15)12-6-14/h2-3,5-6H,4H2,1H3. The molecule has 0 amide bonds. The Balaban J connectivity index is 2.21. The fourth-order valence-electron chi connectivity index (χ4n) is 1.26. The van der Waals surface area contributed by atoms with E-state index in [0.29, 0.717) is 23.7 Å². The quantitative estimate of drug-likeness (QED) is 0.735. The van der Waals surface area contributed by atoms with E-state index in [9.17, 15) is 4.79 Å². The van der Waals surface area contributed by atoms with Crippen molar-refractivity contribution in [2.75, 3.05) is 0 Å². The van der Waals surface area contributed by atoms with Gasteiger partial charge in [-0.25, -0.2) is 9.97 Å². The van der Waals surface area contributed by atoms with Crippen LogP contribution in [0.3, 0.4) is 0 Å². The molecule has 15 heavy (non-hydrogen) atoms. The Morgan fingerprint density at radius 3 is 2.87 bits per heavy atom. The largest absolute Gasteiger partial charge is 0.329 e. The number of imidazole rings is 2. The summed E-state index contributed by atoms with van der Waals surface area (Å²) in [6.45, 7) is 0.546. The maximum Gasteiger partial charge on any atom is 0.169 e. The molecule has 0 radical (unpaired) electrons. The van der Waals surface area contributed by atoms with Crippen LogP contribution in [0.5, 0.6) is 0 Å². The average molecular weight is 225 g/mol. The molecule has 0 aromatic carbocycles. The van der Waals surface area contributed by atoms with E-state index >= 15 is 0 Å². The van der Waals surface area contributed by atoms with Crippen LogP contribution in [0.15, 0.2) is 18.7 Å². The molecule has 2 aromatic rings. The van der Waals surface area contributed by atoms with Crippen LogP contribution >= 0.6 is 11.6 Å². The van der Waals surface area contributed by atoms with E-state index in [1.807, 2.05) is 7.05 Å². The first kappa shape index (κ1) is 9.92. The molecule has 0 atom stereocenters. The number of aromatic nitrogens is 4. The van der Waals surface area contributed by atoms with Crippen molar-refractivity contribution in [1.29, 1.82) is 0 Å². The fraction of sp³-hybridized carbons (Fsp3) is 0.222. The lowest BCUT2D eigenvalue weighted by Crippen LogP contribution is -2.04. The second kappa shape index (κ2) is 3.86. The van der Waals surface area contributed by atoms with E-state index in [1.165, 1.54) is 0 Å². The molecule has 0 aliphatic rings. The van der Waals surface area contributed by atoms with Gasteiger partial charge in [-0.3, -0.25) is 4.79 Å². The molecule has 0 saturated carbocycles. The minimum Gasteiger partial charge on any atom is -0.329 e. The number of hydrogen-bond donors (Lipinski definition) is 0. The van der Waals surface area contributed by atoms with E-state index in [1.54, 1.807) is 27.9 Å². The highest BCUT2D eigenvalue weighted by molar-refractivity contribution is 6.29. The van der Waals surface area contributed by atoms with Gasteiger partial charge in [-0.15, -0.1) is 0 Å². The zero-order chi connectivity index (χ0) is 10.8. The van der Waals surface area contributed by atoms with E-state index in [4.69, 9.17) is 11.6 Å². The first-order valence-electron chi connectivity index (χ1n) is 4.33. The molecule has 2 rings (SSSR count). The summed E-state index contributed by atoms with van der Waals surface area (Å²) < 4.78 is 3.56. The highest BCUT2D eigenvalue weighted by Crippen LogP contribution is 2.10. The minimum absolute atomic E-state index is 0.412. The van der Waals surface area contributed by atoms with Crippen molar-refractivity contribution < 1.29 is 4.79 Å². The molecular formula is C9H9ClN4O. The number of carbonyl (C=O) groups is 1. The molecule has 0 N–H and O–H groups in total. The van der Waals surface area contributed by atoms with Gasteiger partial charge < -0.3 is 9.13 Å². The highest BCUT2D eigenvalue weighted by Gasteiger charge is 2.05. The molecule has 2 heterocycles. The lowest BCUT2D eigenvalue weighted by molar-refractivity contribution is 0.111. The van der Waals surface area contributed by atoms with E-state index in [2.05, 4.69) is 9.97 Å². The van der Waals surface area contributed by atoms with Crippen LogP contribution in [0.4, 0.5) is 0 Å². The number of aldehydes is 1. The van der Waals surface area contributed by atoms with Crippen LogP contribution in [0.2, 0.25) is 5.15 Å². The Morgan fingerprint density at radius 1 is 1.53 bits per heavy atom. The normalized spacial score (nSPS) is 10.5. The summed E-state index contributed by atoms with van der Waals surface area (Å²) in [4.78, 5) is 18.5. The molecule has 6 heteroatoms. The summed E-state index contributed by atoms with van der Waals surface area (Å²) >= 11 is 5.85. The van der Waals surface area contributed by atoms with Crippen LogP contribution in [0, 0.1) is 0 Å². The summed E-state index contributed by atoms with van der Waals surface area (Å²) in [5, 5.41) is 0.584. The third-order valence-corrected chi connectivity index (χ3v) is 2.48. The van der Waals surface area contributed by atoms with Gasteiger partial charge in [-0.1, -0.05) is 11.6 Å². The van der Waals surface area contributed by atoms with Gasteiger partial charge in [0.15, 0.2) is 6.29 Å². The van der Waals surface area contributed by atoms with Crippen molar-refractivity contribution in [3.63, 3.8) is 0 Å². The summed E-state index contributed by atoms with van der Waals surface area (Å²) in [7, 11) is 1.84. The molecule has 0 aliphatic carbocycles. The zero-order valence-electron chi connectivity index (χ0n) is 8.09. The maximum atomic E-state index is 10.4. The van der Waals surface area contributed by atoms with Crippen molar-refractivity contribution in [2.24, 2.45) is 7.05 Å². The highest BCUT2D eigenvalue weighted by atomic mass is 35.5. The molecule has 78 valence electrons. The van der Waals surface area contributed by atoms with Crippen LogP contribution in [0.25, 0.3) is 0 Å². The topological polar surface area (TPSA) is 52.7 Å². The smallest absolute Gasteiger partial charge is 0.169 e. The number of hydrogen-bond acceptors (Lipinski definition) is 3. The van der Waals surface area contributed by atoms with E-state index in [-0.39, 0.29) is 0 Å². The summed E-state index contributed by atoms with van der Waals surface area (Å²) in [5.74, 6) is 0.815. The minimum atomic E-state index is 0.412. The summed E-state index contributed by atoms with van der Waals surface area (Å²) in [5.41, 5.74) is 0.412. The lowest BCUT2D eigenvalue weighted by atomic mass is 10.5. The zero-order valence-corrected chi connectivity index (χ0v) is 8.85. The van der Waals surface area contributed by atoms with Gasteiger partial charge in [0, 0.05) is 13.2 Å². The Hall–Kier alpha value is -1.62. The van der Waals surface area contributed by atoms with Gasteiger partial charge in [0.05, 0.1) is 19.1 Å². The predicted molar refractivity (Wildman–Crippen MR) is 54.9 cm³/mol. The molecule has 5 nitrogen and oxygen atoms in total. The van der Waals surface area contributed by atoms with Crippen molar-refractivity contribution in [1.82, 2.24) is 19.1 Å². The number of halogens is 1. The number of nitrogens with zero attached hydrogens (tertiary/aromatic N) is 4. The molecular weight excluding hydrogens is 216 g/mol. The fourth-order valence-corrected chi connectivity index (χ4v) is 1.41. The first-order valence-corrected chi connectivity index (χ1v) is 4.71. The molecule has 0 aliphatic heterocycles. The summed E-state index contributed by atoms with van der Waals surface area (Å²) in [6, 6.07) is 0. The van der Waals surface area contributed by atoms with Gasteiger partial charge in [0.25, 0.3) is 0 Å². The Kier molecular flexibility index (Phi) is 2.55. The predicted octanol–water partition coefficient (Wildman–Crippen LogP) is 1.13. The summed E-state index contributed by atoms with van der Waals surface area (Å²) in [6.07, 6.45) is 5.55. The second-order valence-electron chi connectivity index (χ2n) is 3.14. The first-order chi connectivity index (χ1) is 7.20. The monoisotopic (exact) mass is 224 g/mol. The van der Waals surface area contributed by atoms with Gasteiger partial charge in [-0.05, 0) is 0 Å². The van der Waals surface area contributed by atoms with Crippen LogP contribution < -0.4 is 0 Å². The lowest BCUT2D eigenvalue weighted by Gasteiger charge is -2.02. The van der Waals surface area contributed by atoms with E-state index < -0.39 is 0 Å². The third-order valence-electron chi connectivity index (χ3n) is 2.13.